The number of aliphatic hydroxyl groups excluding tert-OH is 1. The van der Waals surface area contributed by atoms with Crippen LogP contribution in [0.2, 0.25) is 0 Å². The lowest BCUT2D eigenvalue weighted by Gasteiger charge is -2.35. The van der Waals surface area contributed by atoms with Gasteiger partial charge >= 0.3 is 6.01 Å². The summed E-state index contributed by atoms with van der Waals surface area (Å²) in [6, 6.07) is 17.6. The number of ketones is 1. The number of hydrogen-bond acceptors (Lipinski definition) is 17. The van der Waals surface area contributed by atoms with Gasteiger partial charge in [-0.2, -0.15) is 9.97 Å². The van der Waals surface area contributed by atoms with E-state index < -0.39 is 34.8 Å². The largest absolute Gasteiger partial charge is 0.508 e. The zero-order valence-electron chi connectivity index (χ0n) is 45.3. The molecule has 8 atom stereocenters. The van der Waals surface area contributed by atoms with Crippen LogP contribution in [-0.4, -0.2) is 122 Å². The number of hydroxylamine groups is 2. The van der Waals surface area contributed by atoms with E-state index in [0.717, 1.165) is 89.8 Å². The number of ether oxygens (including phenoxy) is 1. The van der Waals surface area contributed by atoms with E-state index in [9.17, 15) is 19.8 Å². The number of thiazole rings is 1. The number of fused-ring (bicyclic) bond motifs is 4. The van der Waals surface area contributed by atoms with Crippen LogP contribution in [-0.2, 0) is 25.7 Å². The molecule has 0 radical (unpaired) electrons. The predicted molar refractivity (Wildman–Crippen MR) is 298 cm³/mol. The molecule has 0 saturated carbocycles. The number of piperazine rings is 1. The Balaban J connectivity index is 0.713. The minimum Gasteiger partial charge on any atom is -0.508 e. The van der Waals surface area contributed by atoms with Gasteiger partial charge < -0.3 is 40.6 Å². The molecule has 5 aliphatic heterocycles. The smallest absolute Gasteiger partial charge is 0.319 e. The van der Waals surface area contributed by atoms with Gasteiger partial charge in [-0.1, -0.05) is 63.2 Å². The molecule has 0 spiro atoms. The van der Waals surface area contributed by atoms with E-state index in [1.165, 1.54) is 5.23 Å². The van der Waals surface area contributed by atoms with Crippen LogP contribution in [0.1, 0.15) is 102 Å². The lowest BCUT2D eigenvalue weighted by atomic mass is 9.78. The molecule has 1 amide bonds. The third-order valence-electron chi connectivity index (χ3n) is 16.7. The molecule has 3 aromatic heterocycles. The number of aliphatic hydroxyl groups is 1. The number of nitrogens with zero attached hydrogens (tertiary/aromatic N) is 6. The van der Waals surface area contributed by atoms with Gasteiger partial charge in [-0.3, -0.25) is 24.7 Å². The normalized spacial score (nSPS) is 24.3. The highest BCUT2D eigenvalue weighted by Crippen LogP contribution is 2.41. The summed E-state index contributed by atoms with van der Waals surface area (Å²) in [5.74, 6) is -0.00314. The van der Waals surface area contributed by atoms with Crippen LogP contribution in [0.3, 0.4) is 0 Å². The Morgan fingerprint density at radius 3 is 2.59 bits per heavy atom. The molecule has 5 aliphatic rings. The summed E-state index contributed by atoms with van der Waals surface area (Å²) in [6.45, 7) is 14.8. The van der Waals surface area contributed by atoms with Crippen molar-refractivity contribution in [1.29, 1.82) is 0 Å². The Kier molecular flexibility index (Phi) is 15.3. The van der Waals surface area contributed by atoms with E-state index in [-0.39, 0.29) is 66.2 Å². The monoisotopic (exact) mass is 1080 g/mol. The zero-order chi connectivity index (χ0) is 54.5. The molecule has 11 rings (SSSR count). The second kappa shape index (κ2) is 22.2. The minimum atomic E-state index is -1.61. The number of amides is 1. The van der Waals surface area contributed by atoms with Gasteiger partial charge in [-0.05, 0) is 123 Å². The number of pyridine rings is 1. The SMILES string of the molecule is CCc1cccc2cc(O)cc(-c3ncc4c(N5CC6CCC(C5)N6)nc(OCCC5CC(C(C)ON6CC=C(C(C)(C)CC(=O)[C@]7(C(=O)N[C@@H](C)c8ccc(-c9scnc9C)cc8)CC(O)CN7)O6)CCN5)nc4c3F)c12. The number of phenols is 1. The van der Waals surface area contributed by atoms with Crippen molar-refractivity contribution >= 4 is 50.5 Å². The highest BCUT2D eigenvalue weighted by atomic mass is 32.1. The van der Waals surface area contributed by atoms with Gasteiger partial charge in [0.25, 0.3) is 0 Å². The second-order valence-corrected chi connectivity index (χ2v) is 23.5. The topological polar surface area (TPSA) is 208 Å². The van der Waals surface area contributed by atoms with Crippen molar-refractivity contribution in [3.05, 3.63) is 101 Å². The molecule has 6 N–H and O–H groups in total. The summed E-state index contributed by atoms with van der Waals surface area (Å²) in [7, 11) is 0. The summed E-state index contributed by atoms with van der Waals surface area (Å²) in [4.78, 5) is 63.3. The van der Waals surface area contributed by atoms with E-state index in [0.29, 0.717) is 54.2 Å². The number of hydrogen-bond donors (Lipinski definition) is 6. The number of carbonyl (C=O) groups excluding carboxylic acids is 2. The summed E-state index contributed by atoms with van der Waals surface area (Å²) in [5, 5.41) is 38.6. The highest BCUT2D eigenvalue weighted by Gasteiger charge is 2.53. The molecular weight excluding hydrogens is 1010 g/mol. The highest BCUT2D eigenvalue weighted by molar-refractivity contribution is 7.13. The van der Waals surface area contributed by atoms with Crippen LogP contribution in [0.25, 0.3) is 43.4 Å². The standard InChI is InChI=1S/C59H71FN10O7S/c1-7-36-9-8-10-40-24-44(71)25-46(50(36)40)52-51(60)53-47(29-62-52)55(69-30-42-15-16-43(31-69)66-42)68-57(67-53)75-22-19-41-23-39(17-20-61-41)35(4)76-70-21-18-49(77-70)58(5,6)27-48(73)59(26-45(72)28-64-59)56(74)65-33(2)37-11-13-38(14-12-37)54-34(3)63-32-78-54/h8-14,18,24-25,29,32-33,35,39,41-43,45,61,64,66,71-72H,7,15-17,19-23,26-28,30-31H2,1-6H3,(H,65,74)/t33-,35?,39?,41?,42?,43?,45?,59-/m0/s1. The molecule has 4 fully saturated rings. The van der Waals surface area contributed by atoms with E-state index in [1.54, 1.807) is 29.7 Å². The van der Waals surface area contributed by atoms with Crippen LogP contribution in [0.5, 0.6) is 11.8 Å². The molecule has 17 nitrogen and oxygen atoms in total. The van der Waals surface area contributed by atoms with Crippen LogP contribution in [0.4, 0.5) is 10.2 Å². The number of phenolic OH excluding ortho intramolecular Hbond substituents is 1. The molecule has 6 aromatic rings. The number of allylic oxidation sites excluding steroid dienone is 1. The van der Waals surface area contributed by atoms with Crippen molar-refractivity contribution < 1.29 is 38.6 Å². The summed E-state index contributed by atoms with van der Waals surface area (Å²) in [6.07, 6.45) is 7.67. The van der Waals surface area contributed by atoms with Gasteiger partial charge in [0.2, 0.25) is 5.91 Å². The van der Waals surface area contributed by atoms with Gasteiger partial charge in [0.15, 0.2) is 17.1 Å². The van der Waals surface area contributed by atoms with Crippen molar-refractivity contribution in [2.24, 2.45) is 11.3 Å². The number of rotatable bonds is 18. The molecule has 3 aromatic carbocycles. The molecule has 2 bridgehead atoms. The number of carbonyl (C=O) groups is 2. The molecular formula is C59H71FN10O7S. The fourth-order valence-corrected chi connectivity index (χ4v) is 13.2. The van der Waals surface area contributed by atoms with Crippen molar-refractivity contribution in [3.8, 4) is 33.5 Å². The number of anilines is 1. The quantitative estimate of drug-likeness (QED) is 0.0449. The first kappa shape index (κ1) is 53.8. The first-order valence-electron chi connectivity index (χ1n) is 27.6. The third-order valence-corrected chi connectivity index (χ3v) is 17.7. The molecule has 8 heterocycles. The number of aryl methyl sites for hydroxylation is 2. The van der Waals surface area contributed by atoms with Crippen molar-refractivity contribution in [2.75, 3.05) is 44.2 Å². The molecule has 6 unspecified atom stereocenters. The fraction of sp³-hybridized carbons (Fsp3) is 0.492. The van der Waals surface area contributed by atoms with E-state index in [2.05, 4.69) is 38.1 Å². The Labute approximate surface area is 458 Å². The van der Waals surface area contributed by atoms with Crippen molar-refractivity contribution in [3.63, 3.8) is 0 Å². The van der Waals surface area contributed by atoms with E-state index in [1.807, 2.05) is 88.7 Å². The molecule has 19 heteroatoms. The van der Waals surface area contributed by atoms with Gasteiger partial charge in [-0.25, -0.2) is 9.37 Å². The van der Waals surface area contributed by atoms with Gasteiger partial charge in [0.1, 0.15) is 28.5 Å². The molecule has 0 aliphatic carbocycles. The zero-order valence-corrected chi connectivity index (χ0v) is 46.1. The Bertz CT molecular complexity index is 3240. The maximum atomic E-state index is 17.2. The number of halogens is 1. The fourth-order valence-electron chi connectivity index (χ4n) is 12.4. The summed E-state index contributed by atoms with van der Waals surface area (Å²) >= 11 is 1.58. The number of benzene rings is 3. The molecule has 78 heavy (non-hydrogen) atoms. The van der Waals surface area contributed by atoms with Gasteiger partial charge in [0, 0.05) is 67.8 Å². The van der Waals surface area contributed by atoms with E-state index in [4.69, 9.17) is 29.4 Å². The second-order valence-electron chi connectivity index (χ2n) is 22.7. The van der Waals surface area contributed by atoms with Gasteiger partial charge in [-0.15, -0.1) is 11.3 Å². The Morgan fingerprint density at radius 1 is 1.06 bits per heavy atom. The molecule has 4 saturated heterocycles. The first-order chi connectivity index (χ1) is 37.5. The third kappa shape index (κ3) is 10.8. The van der Waals surface area contributed by atoms with Crippen LogP contribution >= 0.6 is 11.3 Å². The van der Waals surface area contributed by atoms with Crippen molar-refractivity contribution in [1.82, 2.24) is 46.4 Å². The van der Waals surface area contributed by atoms with Crippen LogP contribution < -0.4 is 30.9 Å². The summed E-state index contributed by atoms with van der Waals surface area (Å²) in [5.41, 5.74) is 4.08. The lowest BCUT2D eigenvalue weighted by molar-refractivity contribution is -0.361. The number of β-amino-alcohol motifs (C(OH)–C–C–N with tert-alkyl or cyclic N) is 1. The Morgan fingerprint density at radius 2 is 1.86 bits per heavy atom. The predicted octanol–water partition coefficient (Wildman–Crippen LogP) is 8.17. The lowest BCUT2D eigenvalue weighted by Crippen LogP contribution is -2.60. The minimum absolute atomic E-state index is 0.0174. The average molecular weight is 1080 g/mol. The maximum absolute atomic E-state index is 17.2. The Hall–Kier alpha value is -6.19. The summed E-state index contributed by atoms with van der Waals surface area (Å²) < 4.78 is 23.6. The number of aromatic nitrogens is 4. The number of piperidine rings is 1. The number of aromatic hydroxyl groups is 1. The first-order valence-corrected chi connectivity index (χ1v) is 28.5. The number of Topliss-reactive ketones (excluding diaryl/α,β-unsaturated/α-hetero) is 1. The van der Waals surface area contributed by atoms with Crippen LogP contribution in [0.15, 0.2) is 78.1 Å². The van der Waals surface area contributed by atoms with Crippen LogP contribution in [0, 0.1) is 24.1 Å². The van der Waals surface area contributed by atoms with Crippen molar-refractivity contribution in [2.45, 2.75) is 135 Å². The number of nitrogens with one attached hydrogen (secondary N) is 4. The maximum Gasteiger partial charge on any atom is 0.319 e. The van der Waals surface area contributed by atoms with Gasteiger partial charge in [0.05, 0.1) is 52.9 Å². The average Bonchev–Trinajstić information content (AvgIpc) is 4.39. The molecule has 412 valence electrons. The van der Waals surface area contributed by atoms with E-state index >= 15 is 4.39 Å².